The van der Waals surface area contributed by atoms with Crippen LogP contribution in [0, 0.1) is 11.8 Å². The van der Waals surface area contributed by atoms with E-state index in [-0.39, 0.29) is 0 Å². The number of aliphatic hydroxyl groups excluding tert-OH is 1. The third-order valence-corrected chi connectivity index (χ3v) is 4.06. The predicted molar refractivity (Wildman–Crippen MR) is 81.0 cm³/mol. The van der Waals surface area contributed by atoms with E-state index in [9.17, 15) is 5.11 Å². The molecule has 20 heavy (non-hydrogen) atoms. The van der Waals surface area contributed by atoms with Gasteiger partial charge >= 0.3 is 0 Å². The summed E-state index contributed by atoms with van der Waals surface area (Å²) in [6.45, 7) is 9.63. The maximum Gasteiger partial charge on any atom is 0.126 e. The highest BCUT2D eigenvalue weighted by Crippen LogP contribution is 2.41. The van der Waals surface area contributed by atoms with Gasteiger partial charge in [0.25, 0.3) is 0 Å². The van der Waals surface area contributed by atoms with E-state index in [2.05, 4.69) is 32.7 Å². The molecule has 112 valence electrons. The maximum absolute atomic E-state index is 10.1. The fourth-order valence-corrected chi connectivity index (χ4v) is 3.15. The Balaban J connectivity index is 2.11. The summed E-state index contributed by atoms with van der Waals surface area (Å²) in [5.74, 6) is 2.57. The Labute approximate surface area is 122 Å². The Hall–Kier alpha value is -1.09. The van der Waals surface area contributed by atoms with Crippen molar-refractivity contribution in [3.63, 3.8) is 0 Å². The highest BCUT2D eigenvalue weighted by molar-refractivity contribution is 5.41. The van der Waals surface area contributed by atoms with E-state index in [0.717, 1.165) is 36.5 Å². The summed E-state index contributed by atoms with van der Waals surface area (Å²) in [5.41, 5.74) is 1.93. The average Bonchev–Trinajstić information content (AvgIpc) is 2.40. The number of pyridine rings is 1. The molecule has 0 bridgehead atoms. The summed E-state index contributed by atoms with van der Waals surface area (Å²) in [5, 5.41) is 10.1. The molecule has 0 amide bonds. The molecule has 1 N–H and O–H groups in total. The Morgan fingerprint density at radius 3 is 2.80 bits per heavy atom. The second kappa shape index (κ2) is 6.57. The molecule has 3 atom stereocenters. The zero-order chi connectivity index (χ0) is 14.7. The third kappa shape index (κ3) is 3.51. The molecule has 0 radical (unpaired) electrons. The minimum atomic E-state index is -0.433. The van der Waals surface area contributed by atoms with Crippen molar-refractivity contribution in [2.24, 2.45) is 11.8 Å². The fourth-order valence-electron chi connectivity index (χ4n) is 3.15. The molecule has 0 saturated heterocycles. The molecular formula is C17H27NO2. The van der Waals surface area contributed by atoms with Crippen LogP contribution < -0.4 is 4.74 Å². The minimum Gasteiger partial charge on any atom is -0.493 e. The normalized spacial score (nSPS) is 23.5. The first kappa shape index (κ1) is 15.3. The van der Waals surface area contributed by atoms with Crippen LogP contribution in [-0.2, 0) is 0 Å². The van der Waals surface area contributed by atoms with Gasteiger partial charge in [0.15, 0.2) is 0 Å². The monoisotopic (exact) mass is 277 g/mol. The van der Waals surface area contributed by atoms with Gasteiger partial charge < -0.3 is 9.84 Å². The van der Waals surface area contributed by atoms with Crippen molar-refractivity contribution in [3.8, 4) is 5.75 Å². The molecular weight excluding hydrogens is 250 g/mol. The van der Waals surface area contributed by atoms with Crippen LogP contribution >= 0.6 is 0 Å². The lowest BCUT2D eigenvalue weighted by Gasteiger charge is -2.28. The second-order valence-electron chi connectivity index (χ2n) is 6.65. The first-order valence-electron chi connectivity index (χ1n) is 7.78. The second-order valence-corrected chi connectivity index (χ2v) is 6.65. The van der Waals surface area contributed by atoms with Gasteiger partial charge in [-0.2, -0.15) is 0 Å². The summed E-state index contributed by atoms with van der Waals surface area (Å²) in [6.07, 6.45) is 4.29. The highest BCUT2D eigenvalue weighted by atomic mass is 16.5. The third-order valence-electron chi connectivity index (χ3n) is 4.06. The van der Waals surface area contributed by atoms with Gasteiger partial charge in [-0.25, -0.2) is 0 Å². The van der Waals surface area contributed by atoms with Crippen LogP contribution in [-0.4, -0.2) is 16.7 Å². The average molecular weight is 277 g/mol. The van der Waals surface area contributed by atoms with Crippen molar-refractivity contribution in [2.45, 2.75) is 59.0 Å². The molecule has 0 aromatic carbocycles. The van der Waals surface area contributed by atoms with E-state index >= 15 is 0 Å². The lowest BCUT2D eigenvalue weighted by Crippen LogP contribution is -2.17. The number of hydrogen-bond donors (Lipinski definition) is 1. The Kier molecular flexibility index (Phi) is 5.03. The molecule has 1 unspecified atom stereocenters. The Bertz CT molecular complexity index is 445. The van der Waals surface area contributed by atoms with Gasteiger partial charge in [-0.15, -0.1) is 0 Å². The van der Waals surface area contributed by atoms with Gasteiger partial charge in [0.05, 0.1) is 18.4 Å². The summed E-state index contributed by atoms with van der Waals surface area (Å²) in [6, 6.07) is 1.94. The van der Waals surface area contributed by atoms with Crippen molar-refractivity contribution < 1.29 is 9.84 Å². The zero-order valence-corrected chi connectivity index (χ0v) is 13.1. The number of rotatable bonds is 5. The Morgan fingerprint density at radius 2 is 2.10 bits per heavy atom. The standard InChI is InChI=1S/C17H27NO2/c1-11(2)9-12(3)10-20-15-7-8-18-17-14(19)6-5-13(4)16(15)17/h7-8,11-14,19H,5-6,9-10H2,1-4H3/t12-,13?,14-/m1/s1. The van der Waals surface area contributed by atoms with E-state index in [0.29, 0.717) is 17.8 Å². The van der Waals surface area contributed by atoms with Crippen LogP contribution in [0.3, 0.4) is 0 Å². The van der Waals surface area contributed by atoms with E-state index < -0.39 is 6.10 Å². The van der Waals surface area contributed by atoms with Crippen molar-refractivity contribution in [2.75, 3.05) is 6.61 Å². The van der Waals surface area contributed by atoms with Crippen molar-refractivity contribution >= 4 is 0 Å². The quantitative estimate of drug-likeness (QED) is 0.882. The molecule has 1 heterocycles. The number of ether oxygens (including phenoxy) is 1. The number of hydrogen-bond acceptors (Lipinski definition) is 3. The fraction of sp³-hybridized carbons (Fsp3) is 0.706. The number of aromatic nitrogens is 1. The van der Waals surface area contributed by atoms with Crippen molar-refractivity contribution in [1.82, 2.24) is 4.98 Å². The van der Waals surface area contributed by atoms with E-state index in [1.165, 1.54) is 6.42 Å². The molecule has 0 spiro atoms. The number of fused-ring (bicyclic) bond motifs is 1. The van der Waals surface area contributed by atoms with Crippen LogP contribution in [0.5, 0.6) is 5.75 Å². The van der Waals surface area contributed by atoms with Gasteiger partial charge in [-0.3, -0.25) is 4.98 Å². The minimum absolute atomic E-state index is 0.414. The first-order chi connectivity index (χ1) is 9.49. The lowest BCUT2D eigenvalue weighted by molar-refractivity contribution is 0.144. The van der Waals surface area contributed by atoms with Gasteiger partial charge in [-0.1, -0.05) is 27.7 Å². The van der Waals surface area contributed by atoms with Crippen molar-refractivity contribution in [1.29, 1.82) is 0 Å². The highest BCUT2D eigenvalue weighted by Gasteiger charge is 2.27. The van der Waals surface area contributed by atoms with E-state index in [1.807, 2.05) is 6.07 Å². The predicted octanol–water partition coefficient (Wildman–Crippen LogP) is 4.07. The van der Waals surface area contributed by atoms with Gasteiger partial charge in [0.2, 0.25) is 0 Å². The molecule has 0 aliphatic heterocycles. The van der Waals surface area contributed by atoms with Crippen molar-refractivity contribution in [3.05, 3.63) is 23.5 Å². The first-order valence-corrected chi connectivity index (χ1v) is 7.78. The summed E-state index contributed by atoms with van der Waals surface area (Å²) in [7, 11) is 0. The number of nitrogens with zero attached hydrogens (tertiary/aromatic N) is 1. The van der Waals surface area contributed by atoms with Crippen LogP contribution in [0.1, 0.15) is 70.2 Å². The van der Waals surface area contributed by atoms with E-state index in [1.54, 1.807) is 6.20 Å². The summed E-state index contributed by atoms with van der Waals surface area (Å²) in [4.78, 5) is 4.36. The molecule has 3 nitrogen and oxygen atoms in total. The van der Waals surface area contributed by atoms with Gasteiger partial charge in [0.1, 0.15) is 5.75 Å². The maximum atomic E-state index is 10.1. The topological polar surface area (TPSA) is 42.4 Å². The largest absolute Gasteiger partial charge is 0.493 e. The lowest BCUT2D eigenvalue weighted by atomic mass is 9.85. The molecule has 2 rings (SSSR count). The molecule has 1 aliphatic rings. The molecule has 0 fully saturated rings. The zero-order valence-electron chi connectivity index (χ0n) is 13.1. The van der Waals surface area contributed by atoms with Gasteiger partial charge in [-0.05, 0) is 43.1 Å². The molecule has 1 aromatic rings. The van der Waals surface area contributed by atoms with Crippen LogP contribution in [0.4, 0.5) is 0 Å². The smallest absolute Gasteiger partial charge is 0.126 e. The summed E-state index contributed by atoms with van der Waals surface area (Å²) < 4.78 is 6.03. The molecule has 1 aromatic heterocycles. The van der Waals surface area contributed by atoms with E-state index in [4.69, 9.17) is 4.74 Å². The van der Waals surface area contributed by atoms with Crippen LogP contribution in [0.25, 0.3) is 0 Å². The summed E-state index contributed by atoms with van der Waals surface area (Å²) >= 11 is 0. The van der Waals surface area contributed by atoms with Crippen LogP contribution in [0.15, 0.2) is 12.3 Å². The Morgan fingerprint density at radius 1 is 1.35 bits per heavy atom. The molecule has 1 aliphatic carbocycles. The van der Waals surface area contributed by atoms with Gasteiger partial charge in [0, 0.05) is 11.8 Å². The molecule has 3 heteroatoms. The SMILES string of the molecule is CC(C)C[C@@H](C)COc1ccnc2c1C(C)CC[C@H]2O. The van der Waals surface area contributed by atoms with Crippen LogP contribution in [0.2, 0.25) is 0 Å². The molecule has 0 saturated carbocycles. The number of aliphatic hydroxyl groups is 1.